The average Bonchev–Trinajstić information content (AvgIpc) is 2.91. The summed E-state index contributed by atoms with van der Waals surface area (Å²) in [5, 5.41) is 13.6. The smallest absolute Gasteiger partial charge is 0.276 e. The Kier molecular flexibility index (Phi) is 5.28. The van der Waals surface area contributed by atoms with Crippen LogP contribution in [0.25, 0.3) is 0 Å². The molecule has 0 spiro atoms. The van der Waals surface area contributed by atoms with Gasteiger partial charge in [-0.05, 0) is 18.2 Å². The van der Waals surface area contributed by atoms with Crippen LogP contribution in [-0.4, -0.2) is 29.8 Å². The van der Waals surface area contributed by atoms with Gasteiger partial charge in [0, 0.05) is 35.8 Å². The molecule has 1 aromatic carbocycles. The van der Waals surface area contributed by atoms with E-state index in [9.17, 15) is 4.79 Å². The molecule has 2 heterocycles. The minimum Gasteiger partial charge on any atom is -0.495 e. The van der Waals surface area contributed by atoms with Crippen LogP contribution in [0.5, 0.6) is 5.75 Å². The third kappa shape index (κ3) is 3.19. The number of ether oxygens (including phenoxy) is 1. The van der Waals surface area contributed by atoms with Gasteiger partial charge in [-0.2, -0.15) is 5.10 Å². The third-order valence-corrected chi connectivity index (χ3v) is 3.67. The van der Waals surface area contributed by atoms with Crippen molar-refractivity contribution in [2.45, 2.75) is 13.0 Å². The number of methoxy groups -OCH3 is 1. The Hall–Kier alpha value is -1.76. The maximum Gasteiger partial charge on any atom is 0.276 e. The summed E-state index contributed by atoms with van der Waals surface area (Å²) in [6, 6.07) is 5.06. The van der Waals surface area contributed by atoms with Crippen molar-refractivity contribution in [3.63, 3.8) is 0 Å². The number of anilines is 1. The number of halogens is 2. The number of carbonyl (C=O) groups is 1. The molecule has 8 heteroatoms. The third-order valence-electron chi connectivity index (χ3n) is 3.43. The Balaban J connectivity index is 0.00000176. The number of hydrogen-bond acceptors (Lipinski definition) is 4. The van der Waals surface area contributed by atoms with Crippen LogP contribution in [0.1, 0.15) is 21.7 Å². The summed E-state index contributed by atoms with van der Waals surface area (Å²) < 4.78 is 5.22. The van der Waals surface area contributed by atoms with Gasteiger partial charge in [-0.3, -0.25) is 9.89 Å². The van der Waals surface area contributed by atoms with Crippen LogP contribution in [0.4, 0.5) is 5.69 Å². The van der Waals surface area contributed by atoms with Crippen molar-refractivity contribution in [2.75, 3.05) is 19.0 Å². The maximum atomic E-state index is 12.4. The van der Waals surface area contributed by atoms with Gasteiger partial charge >= 0.3 is 0 Å². The SMILES string of the molecule is COc1ccc(Cl)cc1NC(=O)c1n[nH]c2c1CNCC2.Cl. The van der Waals surface area contributed by atoms with E-state index in [0.29, 0.717) is 28.7 Å². The van der Waals surface area contributed by atoms with Crippen LogP contribution in [0.2, 0.25) is 5.02 Å². The molecule has 6 nitrogen and oxygen atoms in total. The zero-order chi connectivity index (χ0) is 14.8. The maximum absolute atomic E-state index is 12.4. The molecule has 1 aliphatic rings. The van der Waals surface area contributed by atoms with Crippen molar-refractivity contribution in [3.8, 4) is 5.75 Å². The molecule has 1 amide bonds. The van der Waals surface area contributed by atoms with E-state index in [2.05, 4.69) is 20.8 Å². The molecule has 1 aromatic heterocycles. The van der Waals surface area contributed by atoms with Gasteiger partial charge in [0.05, 0.1) is 12.8 Å². The molecule has 3 rings (SSSR count). The lowest BCUT2D eigenvalue weighted by Crippen LogP contribution is -2.25. The number of benzene rings is 1. The summed E-state index contributed by atoms with van der Waals surface area (Å²) in [4.78, 5) is 12.4. The number of rotatable bonds is 3. The Morgan fingerprint density at radius 2 is 2.27 bits per heavy atom. The van der Waals surface area contributed by atoms with E-state index in [0.717, 1.165) is 24.2 Å². The molecule has 3 N–H and O–H groups in total. The minimum atomic E-state index is -0.281. The zero-order valence-electron chi connectivity index (χ0n) is 11.9. The molecule has 0 bridgehead atoms. The summed E-state index contributed by atoms with van der Waals surface area (Å²) in [6.07, 6.45) is 0.843. The van der Waals surface area contributed by atoms with E-state index in [-0.39, 0.29) is 18.3 Å². The van der Waals surface area contributed by atoms with Gasteiger partial charge in [0.2, 0.25) is 0 Å². The molecule has 0 saturated heterocycles. The zero-order valence-corrected chi connectivity index (χ0v) is 13.5. The number of fused-ring (bicyclic) bond motifs is 1. The average molecular weight is 343 g/mol. The van der Waals surface area contributed by atoms with Crippen LogP contribution in [0, 0.1) is 0 Å². The van der Waals surface area contributed by atoms with E-state index >= 15 is 0 Å². The number of amides is 1. The predicted octanol–water partition coefficient (Wildman–Crippen LogP) is 2.39. The van der Waals surface area contributed by atoms with Crippen LogP contribution >= 0.6 is 24.0 Å². The second-order valence-corrected chi connectivity index (χ2v) is 5.19. The molecule has 1 aliphatic heterocycles. The molecule has 0 fully saturated rings. The Bertz CT molecular complexity index is 687. The first-order chi connectivity index (χ1) is 10.2. The number of H-pyrrole nitrogens is 1. The fourth-order valence-electron chi connectivity index (χ4n) is 2.37. The van der Waals surface area contributed by atoms with Crippen molar-refractivity contribution in [1.29, 1.82) is 0 Å². The summed E-state index contributed by atoms with van der Waals surface area (Å²) in [5.74, 6) is 0.270. The highest BCUT2D eigenvalue weighted by Crippen LogP contribution is 2.28. The van der Waals surface area contributed by atoms with Gasteiger partial charge < -0.3 is 15.4 Å². The first-order valence-electron chi connectivity index (χ1n) is 6.60. The van der Waals surface area contributed by atoms with Crippen molar-refractivity contribution < 1.29 is 9.53 Å². The van der Waals surface area contributed by atoms with E-state index in [4.69, 9.17) is 16.3 Å². The lowest BCUT2D eigenvalue weighted by atomic mass is 10.1. The van der Waals surface area contributed by atoms with Gasteiger partial charge in [-0.25, -0.2) is 0 Å². The van der Waals surface area contributed by atoms with Crippen molar-refractivity contribution in [1.82, 2.24) is 15.5 Å². The molecule has 0 saturated carbocycles. The van der Waals surface area contributed by atoms with Crippen LogP contribution in [-0.2, 0) is 13.0 Å². The number of hydrogen-bond donors (Lipinski definition) is 3. The highest BCUT2D eigenvalue weighted by molar-refractivity contribution is 6.31. The monoisotopic (exact) mass is 342 g/mol. The van der Waals surface area contributed by atoms with E-state index in [1.807, 2.05) is 0 Å². The van der Waals surface area contributed by atoms with Gasteiger partial charge in [0.1, 0.15) is 5.75 Å². The Morgan fingerprint density at radius 1 is 1.45 bits per heavy atom. The molecule has 0 unspecified atom stereocenters. The lowest BCUT2D eigenvalue weighted by molar-refractivity contribution is 0.102. The highest BCUT2D eigenvalue weighted by atomic mass is 35.5. The molecule has 22 heavy (non-hydrogen) atoms. The van der Waals surface area contributed by atoms with Gasteiger partial charge in [-0.15, -0.1) is 12.4 Å². The number of nitrogens with zero attached hydrogens (tertiary/aromatic N) is 1. The first kappa shape index (κ1) is 16.6. The van der Waals surface area contributed by atoms with Crippen LogP contribution in [0.15, 0.2) is 18.2 Å². The molecular weight excluding hydrogens is 327 g/mol. The van der Waals surface area contributed by atoms with Gasteiger partial charge in [-0.1, -0.05) is 11.6 Å². The van der Waals surface area contributed by atoms with Crippen molar-refractivity contribution >= 4 is 35.6 Å². The predicted molar refractivity (Wildman–Crippen MR) is 87.2 cm³/mol. The summed E-state index contributed by atoms with van der Waals surface area (Å²) in [6.45, 7) is 1.53. The molecular formula is C14H16Cl2N4O2. The quantitative estimate of drug-likeness (QED) is 0.800. The molecule has 0 radical (unpaired) electrons. The topological polar surface area (TPSA) is 79.0 Å². The lowest BCUT2D eigenvalue weighted by Gasteiger charge is -2.13. The highest BCUT2D eigenvalue weighted by Gasteiger charge is 2.22. The number of aromatic amines is 1. The normalized spacial score (nSPS) is 13.0. The van der Waals surface area contributed by atoms with Crippen molar-refractivity contribution in [3.05, 3.63) is 40.2 Å². The number of nitrogens with one attached hydrogen (secondary N) is 3. The van der Waals surface area contributed by atoms with E-state index in [1.54, 1.807) is 25.3 Å². The number of carbonyl (C=O) groups excluding carboxylic acids is 1. The van der Waals surface area contributed by atoms with Crippen LogP contribution in [0.3, 0.4) is 0 Å². The Labute approximate surface area is 139 Å². The van der Waals surface area contributed by atoms with E-state index < -0.39 is 0 Å². The second-order valence-electron chi connectivity index (χ2n) is 4.75. The number of aromatic nitrogens is 2. The van der Waals surface area contributed by atoms with Crippen LogP contribution < -0.4 is 15.4 Å². The van der Waals surface area contributed by atoms with Crippen molar-refractivity contribution in [2.24, 2.45) is 0 Å². The van der Waals surface area contributed by atoms with Gasteiger partial charge in [0.15, 0.2) is 5.69 Å². The standard InChI is InChI=1S/C14H15ClN4O2.ClH/c1-21-12-3-2-8(15)6-11(12)17-14(20)13-9-7-16-5-4-10(9)18-19-13;/h2-3,6,16H,4-5,7H2,1H3,(H,17,20)(H,18,19);1H. The first-order valence-corrected chi connectivity index (χ1v) is 6.98. The fourth-order valence-corrected chi connectivity index (χ4v) is 2.54. The fraction of sp³-hybridized carbons (Fsp3) is 0.286. The Morgan fingerprint density at radius 3 is 3.05 bits per heavy atom. The molecule has 0 aliphatic carbocycles. The summed E-state index contributed by atoms with van der Waals surface area (Å²) >= 11 is 5.96. The molecule has 2 aromatic rings. The van der Waals surface area contributed by atoms with Gasteiger partial charge in [0.25, 0.3) is 5.91 Å². The molecule has 0 atom stereocenters. The minimum absolute atomic E-state index is 0. The summed E-state index contributed by atoms with van der Waals surface area (Å²) in [5.41, 5.74) is 2.85. The second kappa shape index (κ2) is 7.00. The molecule has 118 valence electrons. The summed E-state index contributed by atoms with van der Waals surface area (Å²) in [7, 11) is 1.54. The largest absolute Gasteiger partial charge is 0.495 e. The van der Waals surface area contributed by atoms with E-state index in [1.165, 1.54) is 0 Å².